The van der Waals surface area contributed by atoms with E-state index < -0.39 is 0 Å². The van der Waals surface area contributed by atoms with Crippen molar-refractivity contribution in [2.24, 2.45) is 0 Å². The van der Waals surface area contributed by atoms with Crippen molar-refractivity contribution in [3.63, 3.8) is 0 Å². The highest BCUT2D eigenvalue weighted by Gasteiger charge is 2.56. The largest absolute Gasteiger partial charge is 0.365 e. The van der Waals surface area contributed by atoms with Crippen LogP contribution < -0.4 is 9.80 Å². The van der Waals surface area contributed by atoms with Crippen molar-refractivity contribution in [3.8, 4) is 0 Å². The summed E-state index contributed by atoms with van der Waals surface area (Å²) < 4.78 is 0. The van der Waals surface area contributed by atoms with Gasteiger partial charge in [0.1, 0.15) is 0 Å². The lowest BCUT2D eigenvalue weighted by Crippen LogP contribution is -2.54. The van der Waals surface area contributed by atoms with Gasteiger partial charge in [-0.2, -0.15) is 0 Å². The van der Waals surface area contributed by atoms with Crippen LogP contribution >= 0.6 is 11.6 Å². The van der Waals surface area contributed by atoms with Gasteiger partial charge in [-0.1, -0.05) is 41.9 Å². The van der Waals surface area contributed by atoms with Gasteiger partial charge in [-0.15, -0.1) is 0 Å². The maximum absolute atomic E-state index is 6.34. The first-order chi connectivity index (χ1) is 14.2. The molecule has 4 aliphatic rings. The van der Waals surface area contributed by atoms with E-state index in [1.807, 2.05) is 12.1 Å². The van der Waals surface area contributed by atoms with Crippen LogP contribution in [0.5, 0.6) is 0 Å². The van der Waals surface area contributed by atoms with E-state index in [0.717, 1.165) is 11.4 Å². The number of hydrogen-bond donors (Lipinski definition) is 0. The SMILES string of the molecule is CN1c2cccc3c2N(CC12CC2)C1CCN(CCCc2ccccc2Cl)CC31. The van der Waals surface area contributed by atoms with Crippen molar-refractivity contribution in [2.75, 3.05) is 43.0 Å². The molecule has 152 valence electrons. The Morgan fingerprint density at radius 3 is 2.79 bits per heavy atom. The maximum atomic E-state index is 6.34. The normalized spacial score (nSPS) is 26.6. The van der Waals surface area contributed by atoms with Crippen molar-refractivity contribution >= 4 is 23.0 Å². The van der Waals surface area contributed by atoms with Crippen LogP contribution in [-0.2, 0) is 6.42 Å². The number of piperidine rings is 1. The third kappa shape index (κ3) is 2.81. The van der Waals surface area contributed by atoms with Gasteiger partial charge in [-0.25, -0.2) is 0 Å². The summed E-state index contributed by atoms with van der Waals surface area (Å²) in [5.41, 5.74) is 6.35. The summed E-state index contributed by atoms with van der Waals surface area (Å²) in [4.78, 5) is 8.11. The number of fused-ring (bicyclic) bond motifs is 3. The van der Waals surface area contributed by atoms with Crippen LogP contribution in [0.1, 0.15) is 42.7 Å². The zero-order valence-corrected chi connectivity index (χ0v) is 18.0. The van der Waals surface area contributed by atoms with Crippen molar-refractivity contribution in [2.45, 2.75) is 49.6 Å². The molecule has 3 heterocycles. The van der Waals surface area contributed by atoms with Crippen molar-refractivity contribution < 1.29 is 0 Å². The summed E-state index contributed by atoms with van der Waals surface area (Å²) in [5.74, 6) is 0.668. The van der Waals surface area contributed by atoms with Crippen LogP contribution in [-0.4, -0.2) is 49.7 Å². The fourth-order valence-electron chi connectivity index (χ4n) is 6.19. The molecule has 0 radical (unpaired) electrons. The fraction of sp³-hybridized carbons (Fsp3) is 0.520. The molecule has 1 spiro atoms. The Morgan fingerprint density at radius 1 is 1.10 bits per heavy atom. The molecule has 6 rings (SSSR count). The molecular formula is C25H30ClN3. The molecule has 2 unspecified atom stereocenters. The first-order valence-corrected chi connectivity index (χ1v) is 11.6. The quantitative estimate of drug-likeness (QED) is 0.711. The third-order valence-electron chi connectivity index (χ3n) is 8.04. The molecule has 3 aliphatic heterocycles. The minimum absolute atomic E-state index is 0.423. The number of benzene rings is 2. The van der Waals surface area contributed by atoms with Crippen molar-refractivity contribution in [3.05, 3.63) is 58.6 Å². The van der Waals surface area contributed by atoms with Crippen molar-refractivity contribution in [1.82, 2.24) is 4.90 Å². The molecule has 2 aromatic rings. The van der Waals surface area contributed by atoms with Crippen LogP contribution in [0.2, 0.25) is 5.02 Å². The number of anilines is 2. The predicted molar refractivity (Wildman–Crippen MR) is 122 cm³/mol. The number of rotatable bonds is 4. The van der Waals surface area contributed by atoms with Crippen LogP contribution in [0, 0.1) is 0 Å². The first-order valence-electron chi connectivity index (χ1n) is 11.3. The number of hydrogen-bond acceptors (Lipinski definition) is 3. The van der Waals surface area contributed by atoms with E-state index >= 15 is 0 Å². The number of likely N-dealkylation sites (tertiary alicyclic amines) is 1. The fourth-order valence-corrected chi connectivity index (χ4v) is 6.42. The van der Waals surface area contributed by atoms with E-state index in [1.165, 1.54) is 63.1 Å². The summed E-state index contributed by atoms with van der Waals surface area (Å²) in [6, 6.07) is 16.0. The molecule has 2 atom stereocenters. The average molecular weight is 408 g/mol. The zero-order valence-electron chi connectivity index (χ0n) is 17.3. The summed E-state index contributed by atoms with van der Waals surface area (Å²) in [6.45, 7) is 4.84. The highest BCUT2D eigenvalue weighted by atomic mass is 35.5. The molecule has 3 nitrogen and oxygen atoms in total. The first kappa shape index (κ1) is 18.1. The molecule has 0 N–H and O–H groups in total. The second-order valence-corrected chi connectivity index (χ2v) is 9.99. The Labute approximate surface area is 179 Å². The van der Waals surface area contributed by atoms with E-state index in [2.05, 4.69) is 52.1 Å². The van der Waals surface area contributed by atoms with E-state index in [1.54, 1.807) is 11.3 Å². The molecule has 0 bridgehead atoms. The lowest BCUT2D eigenvalue weighted by molar-refractivity contribution is 0.190. The molecule has 1 saturated heterocycles. The zero-order chi connectivity index (χ0) is 19.6. The van der Waals surface area contributed by atoms with Gasteiger partial charge in [0.2, 0.25) is 0 Å². The molecule has 1 saturated carbocycles. The Bertz CT molecular complexity index is 937. The molecule has 0 amide bonds. The Kier molecular flexibility index (Phi) is 4.15. The lowest BCUT2D eigenvalue weighted by Gasteiger charge is -2.46. The Balaban J connectivity index is 1.18. The summed E-state index contributed by atoms with van der Waals surface area (Å²) in [5, 5.41) is 0.913. The van der Waals surface area contributed by atoms with E-state index in [0.29, 0.717) is 17.5 Å². The number of halogens is 1. The summed E-state index contributed by atoms with van der Waals surface area (Å²) in [6.07, 6.45) is 6.27. The molecule has 2 fully saturated rings. The summed E-state index contributed by atoms with van der Waals surface area (Å²) >= 11 is 6.34. The van der Waals surface area contributed by atoms with Crippen LogP contribution in [0.25, 0.3) is 0 Å². The van der Waals surface area contributed by atoms with Crippen molar-refractivity contribution in [1.29, 1.82) is 0 Å². The second kappa shape index (κ2) is 6.65. The average Bonchev–Trinajstić information content (AvgIpc) is 3.45. The highest BCUT2D eigenvalue weighted by molar-refractivity contribution is 6.31. The highest BCUT2D eigenvalue weighted by Crippen LogP contribution is 2.57. The van der Waals surface area contributed by atoms with Crippen LogP contribution in [0.15, 0.2) is 42.5 Å². The van der Waals surface area contributed by atoms with Crippen LogP contribution in [0.4, 0.5) is 11.4 Å². The van der Waals surface area contributed by atoms with Gasteiger partial charge >= 0.3 is 0 Å². The monoisotopic (exact) mass is 407 g/mol. The minimum atomic E-state index is 0.423. The van der Waals surface area contributed by atoms with E-state index in [-0.39, 0.29) is 0 Å². The molecule has 2 aromatic carbocycles. The third-order valence-corrected chi connectivity index (χ3v) is 8.41. The van der Waals surface area contributed by atoms with Crippen LogP contribution in [0.3, 0.4) is 0 Å². The number of nitrogens with zero attached hydrogens (tertiary/aromatic N) is 3. The Hall–Kier alpha value is -1.71. The smallest absolute Gasteiger partial charge is 0.0644 e. The number of likely N-dealkylation sites (N-methyl/N-ethyl adjacent to an activating group) is 1. The molecular weight excluding hydrogens is 378 g/mol. The van der Waals surface area contributed by atoms with E-state index in [4.69, 9.17) is 11.6 Å². The standard InChI is InChI=1S/C25H30ClN3/c1-27-23-10-4-8-19-20-16-28(14-5-7-18-6-2-3-9-21(18)26)15-11-22(20)29(24(19)23)17-25(27)12-13-25/h2-4,6,8-10,20,22H,5,7,11-17H2,1H3. The van der Waals surface area contributed by atoms with Gasteiger partial charge in [0, 0.05) is 43.7 Å². The van der Waals surface area contributed by atoms with E-state index in [9.17, 15) is 0 Å². The number of aryl methyl sites for hydroxylation is 1. The maximum Gasteiger partial charge on any atom is 0.0644 e. The van der Waals surface area contributed by atoms with Gasteiger partial charge in [0.25, 0.3) is 0 Å². The minimum Gasteiger partial charge on any atom is -0.365 e. The second-order valence-electron chi connectivity index (χ2n) is 9.58. The topological polar surface area (TPSA) is 9.72 Å². The Morgan fingerprint density at radius 2 is 1.97 bits per heavy atom. The predicted octanol–water partition coefficient (Wildman–Crippen LogP) is 4.93. The van der Waals surface area contributed by atoms with Gasteiger partial charge in [-0.3, -0.25) is 0 Å². The summed E-state index contributed by atoms with van der Waals surface area (Å²) in [7, 11) is 2.32. The van der Waals surface area contributed by atoms with Gasteiger partial charge in [-0.05, 0) is 61.9 Å². The molecule has 29 heavy (non-hydrogen) atoms. The molecule has 4 heteroatoms. The molecule has 0 aromatic heterocycles. The van der Waals surface area contributed by atoms with Gasteiger partial charge in [0.05, 0.1) is 16.9 Å². The van der Waals surface area contributed by atoms with Gasteiger partial charge in [0.15, 0.2) is 0 Å². The van der Waals surface area contributed by atoms with Gasteiger partial charge < -0.3 is 14.7 Å². The molecule has 1 aliphatic carbocycles. The lowest BCUT2D eigenvalue weighted by atomic mass is 9.89. The number of para-hydroxylation sites is 1.